The van der Waals surface area contributed by atoms with Gasteiger partial charge in [-0.3, -0.25) is 14.4 Å². The average Bonchev–Trinajstić information content (AvgIpc) is 3.48. The molecule has 3 aliphatic heterocycles. The van der Waals surface area contributed by atoms with E-state index in [1.165, 1.54) is 0 Å². The van der Waals surface area contributed by atoms with Crippen LogP contribution in [0.5, 0.6) is 5.75 Å². The molecule has 0 unspecified atom stereocenters. The molecule has 4 atom stereocenters. The molecule has 6 heteroatoms. The van der Waals surface area contributed by atoms with Gasteiger partial charge in [-0.25, -0.2) is 0 Å². The minimum Gasteiger partial charge on any atom is -0.497 e. The van der Waals surface area contributed by atoms with Gasteiger partial charge < -0.3 is 15.0 Å². The number of hydrogen-bond acceptors (Lipinski definition) is 5. The van der Waals surface area contributed by atoms with Crippen LogP contribution >= 0.6 is 0 Å². The van der Waals surface area contributed by atoms with E-state index in [2.05, 4.69) is 5.32 Å². The second-order valence-corrected chi connectivity index (χ2v) is 10.4. The van der Waals surface area contributed by atoms with Crippen molar-refractivity contribution < 1.29 is 19.1 Å². The summed E-state index contributed by atoms with van der Waals surface area (Å²) in [5.41, 5.74) is 2.54. The van der Waals surface area contributed by atoms with E-state index in [1.54, 1.807) is 43.5 Å². The Morgan fingerprint density at radius 3 is 2.25 bits per heavy atom. The smallest absolute Gasteiger partial charge is 0.238 e. The molecular weight excluding hydrogens is 500 g/mol. The number of fused-ring (bicyclic) bond motifs is 5. The minimum atomic E-state index is -1.47. The molecular formula is C34H26N2O4. The van der Waals surface area contributed by atoms with Crippen LogP contribution in [0.1, 0.15) is 31.8 Å². The molecule has 7 rings (SSSR count). The van der Waals surface area contributed by atoms with Gasteiger partial charge in [0.05, 0.1) is 19.1 Å². The monoisotopic (exact) mass is 526 g/mol. The summed E-state index contributed by atoms with van der Waals surface area (Å²) in [5, 5.41) is 3.04. The highest BCUT2D eigenvalue weighted by molar-refractivity contribution is 6.19. The highest BCUT2D eigenvalue weighted by atomic mass is 16.5. The number of nitrogens with one attached hydrogen (secondary N) is 1. The van der Waals surface area contributed by atoms with Gasteiger partial charge in [-0.15, -0.1) is 0 Å². The molecule has 1 spiro atoms. The van der Waals surface area contributed by atoms with Gasteiger partial charge in [-0.1, -0.05) is 78.9 Å². The first-order chi connectivity index (χ1) is 19.6. The molecule has 0 radical (unpaired) electrons. The number of nitrogens with zero attached hydrogens (tertiary/aromatic N) is 1. The Labute approximate surface area is 231 Å². The number of rotatable bonds is 5. The van der Waals surface area contributed by atoms with Crippen LogP contribution in [0.25, 0.3) is 6.08 Å². The number of hydrogen-bond donors (Lipinski definition) is 1. The first-order valence-electron chi connectivity index (χ1n) is 13.3. The molecule has 0 bridgehead atoms. The van der Waals surface area contributed by atoms with Crippen molar-refractivity contribution in [1.29, 1.82) is 0 Å². The molecule has 40 heavy (non-hydrogen) atoms. The number of Topliss-reactive ketones (excluding diaryl/α,β-unsaturated/α-hetero) is 2. The van der Waals surface area contributed by atoms with Crippen LogP contribution in [-0.2, 0) is 10.2 Å². The number of anilines is 2. The first kappa shape index (κ1) is 24.1. The molecule has 0 aliphatic carbocycles. The fraction of sp³-hybridized carbons (Fsp3) is 0.147. The largest absolute Gasteiger partial charge is 0.497 e. The number of benzene rings is 4. The SMILES string of the molecule is COc1ccc(C(=O)[C@@H]2N3c4ccccc4C=C[C@H]3[C@H](C(=O)c3ccccc3)[C@]23C(=O)Nc2ccccc23)cc1. The van der Waals surface area contributed by atoms with Crippen LogP contribution < -0.4 is 15.0 Å². The number of ketones is 2. The maximum absolute atomic E-state index is 14.7. The number of carbonyl (C=O) groups is 3. The topological polar surface area (TPSA) is 75.7 Å². The molecule has 3 aliphatic rings. The van der Waals surface area contributed by atoms with Crippen molar-refractivity contribution in [3.63, 3.8) is 0 Å². The summed E-state index contributed by atoms with van der Waals surface area (Å²) in [6.07, 6.45) is 3.97. The Kier molecular flexibility index (Phi) is 5.46. The van der Waals surface area contributed by atoms with Crippen molar-refractivity contribution in [2.45, 2.75) is 17.5 Å². The number of methoxy groups -OCH3 is 1. The van der Waals surface area contributed by atoms with Crippen LogP contribution in [-0.4, -0.2) is 36.7 Å². The zero-order valence-corrected chi connectivity index (χ0v) is 21.8. The van der Waals surface area contributed by atoms with Crippen LogP contribution in [0.15, 0.2) is 109 Å². The molecule has 1 N–H and O–H groups in total. The standard InChI is InChI=1S/C34H26N2O4/c1-40-24-18-15-23(16-19-24)31(38)32-34(25-12-6-7-13-26(25)35-33(34)39)29(30(37)22-10-3-2-4-11-22)28-20-17-21-9-5-8-14-27(21)36(28)32/h2-20,28-29,32H,1H3,(H,35,39)/t28-,29+,32-,34-/m0/s1. The summed E-state index contributed by atoms with van der Waals surface area (Å²) in [7, 11) is 1.57. The van der Waals surface area contributed by atoms with E-state index in [0.717, 1.165) is 11.3 Å². The van der Waals surface area contributed by atoms with Crippen molar-refractivity contribution in [1.82, 2.24) is 0 Å². The Balaban J connectivity index is 1.53. The van der Waals surface area contributed by atoms with Gasteiger partial charge >= 0.3 is 0 Å². The van der Waals surface area contributed by atoms with Crippen molar-refractivity contribution in [3.05, 3.63) is 131 Å². The number of carbonyl (C=O) groups excluding carboxylic acids is 3. The average molecular weight is 527 g/mol. The van der Waals surface area contributed by atoms with E-state index in [0.29, 0.717) is 28.1 Å². The summed E-state index contributed by atoms with van der Waals surface area (Å²) in [4.78, 5) is 45.7. The van der Waals surface area contributed by atoms with E-state index in [4.69, 9.17) is 4.74 Å². The van der Waals surface area contributed by atoms with Gasteiger partial charge in [0.25, 0.3) is 0 Å². The van der Waals surface area contributed by atoms with Crippen LogP contribution in [0.4, 0.5) is 11.4 Å². The Morgan fingerprint density at radius 1 is 0.800 bits per heavy atom. The number of para-hydroxylation sites is 2. The van der Waals surface area contributed by atoms with Gasteiger partial charge in [-0.2, -0.15) is 0 Å². The highest BCUT2D eigenvalue weighted by Gasteiger charge is 2.70. The van der Waals surface area contributed by atoms with E-state index in [9.17, 15) is 14.4 Å². The normalized spacial score (nSPS) is 23.8. The third kappa shape index (κ3) is 3.26. The quantitative estimate of drug-likeness (QED) is 0.345. The first-order valence-corrected chi connectivity index (χ1v) is 13.3. The molecule has 6 nitrogen and oxygen atoms in total. The van der Waals surface area contributed by atoms with Gasteiger partial charge in [-0.05, 0) is 47.5 Å². The Hall–Kier alpha value is -4.97. The Morgan fingerprint density at radius 2 is 1.48 bits per heavy atom. The van der Waals surface area contributed by atoms with Crippen molar-refractivity contribution in [2.24, 2.45) is 5.92 Å². The van der Waals surface area contributed by atoms with Crippen molar-refractivity contribution >= 4 is 34.9 Å². The Bertz CT molecular complexity index is 1690. The van der Waals surface area contributed by atoms with Crippen molar-refractivity contribution in [3.8, 4) is 5.75 Å². The molecule has 1 fully saturated rings. The van der Waals surface area contributed by atoms with Gasteiger partial charge in [0.2, 0.25) is 5.91 Å². The van der Waals surface area contributed by atoms with Crippen LogP contribution in [0, 0.1) is 5.92 Å². The fourth-order valence-corrected chi connectivity index (χ4v) is 6.83. The zero-order chi connectivity index (χ0) is 27.4. The van der Waals surface area contributed by atoms with E-state index in [-0.39, 0.29) is 17.5 Å². The number of ether oxygens (including phenoxy) is 1. The molecule has 4 aromatic rings. The molecule has 196 valence electrons. The van der Waals surface area contributed by atoms with E-state index < -0.39 is 23.4 Å². The molecule has 0 aromatic heterocycles. The minimum absolute atomic E-state index is 0.170. The van der Waals surface area contributed by atoms with Crippen LogP contribution in [0.3, 0.4) is 0 Å². The lowest BCUT2D eigenvalue weighted by atomic mass is 9.63. The molecule has 3 heterocycles. The zero-order valence-electron chi connectivity index (χ0n) is 21.8. The molecule has 1 saturated heterocycles. The lowest BCUT2D eigenvalue weighted by Gasteiger charge is -2.37. The molecule has 1 amide bonds. The van der Waals surface area contributed by atoms with Gasteiger partial charge in [0.15, 0.2) is 11.6 Å². The fourth-order valence-electron chi connectivity index (χ4n) is 6.83. The van der Waals surface area contributed by atoms with E-state index >= 15 is 0 Å². The maximum atomic E-state index is 14.7. The van der Waals surface area contributed by atoms with E-state index in [1.807, 2.05) is 83.8 Å². The molecule has 0 saturated carbocycles. The number of amides is 1. The third-order valence-corrected chi connectivity index (χ3v) is 8.51. The van der Waals surface area contributed by atoms with Gasteiger partial charge in [0, 0.05) is 22.5 Å². The summed E-state index contributed by atoms with van der Waals surface area (Å²) >= 11 is 0. The second kappa shape index (κ2) is 9.06. The summed E-state index contributed by atoms with van der Waals surface area (Å²) < 4.78 is 5.32. The molecule has 4 aromatic carbocycles. The summed E-state index contributed by atoms with van der Waals surface area (Å²) in [5.74, 6) is -0.960. The lowest BCUT2D eigenvalue weighted by molar-refractivity contribution is -0.121. The van der Waals surface area contributed by atoms with Crippen molar-refractivity contribution in [2.75, 3.05) is 17.3 Å². The van der Waals surface area contributed by atoms with Crippen LogP contribution in [0.2, 0.25) is 0 Å². The second-order valence-electron chi connectivity index (χ2n) is 10.4. The summed E-state index contributed by atoms with van der Waals surface area (Å²) in [6, 6.07) is 29.7. The third-order valence-electron chi connectivity index (χ3n) is 8.51. The summed E-state index contributed by atoms with van der Waals surface area (Å²) in [6.45, 7) is 0. The lowest BCUT2D eigenvalue weighted by Crippen LogP contribution is -2.55. The highest BCUT2D eigenvalue weighted by Crippen LogP contribution is 2.58. The predicted octanol–water partition coefficient (Wildman–Crippen LogP) is 5.55. The maximum Gasteiger partial charge on any atom is 0.238 e. The predicted molar refractivity (Wildman–Crippen MR) is 154 cm³/mol. The van der Waals surface area contributed by atoms with Gasteiger partial charge in [0.1, 0.15) is 17.2 Å².